The standard InChI is InChI=1S/C53H34N4O/c1-3-13-35(14-4-1)38-25-28-43(29-26-38)57(44-30-27-37-16-8-10-20-41(37)32-44)45-33-47(50-46-21-11-12-22-48(46)58-49(50)34-45)53-55-51(39-17-5-2-6-18-39)54-52(56-53)42-24-23-36-15-7-9-19-40(36)31-42/h1-34H. The normalized spacial score (nSPS) is 11.4. The zero-order valence-electron chi connectivity index (χ0n) is 31.3. The van der Waals surface area contributed by atoms with Crippen molar-refractivity contribution < 1.29 is 4.42 Å². The van der Waals surface area contributed by atoms with Crippen LogP contribution in [0.15, 0.2) is 211 Å². The van der Waals surface area contributed by atoms with Gasteiger partial charge in [0.15, 0.2) is 17.5 Å². The summed E-state index contributed by atoms with van der Waals surface area (Å²) in [6.07, 6.45) is 0. The molecule has 0 aliphatic heterocycles. The van der Waals surface area contributed by atoms with Crippen LogP contribution in [0.4, 0.5) is 17.1 Å². The van der Waals surface area contributed by atoms with Gasteiger partial charge in [-0.15, -0.1) is 0 Å². The molecular weight excluding hydrogens is 709 g/mol. The van der Waals surface area contributed by atoms with Gasteiger partial charge in [0, 0.05) is 44.9 Å². The van der Waals surface area contributed by atoms with E-state index in [0.717, 1.165) is 77.4 Å². The lowest BCUT2D eigenvalue weighted by Gasteiger charge is -2.26. The first-order chi connectivity index (χ1) is 28.7. The monoisotopic (exact) mass is 742 g/mol. The molecule has 0 radical (unpaired) electrons. The van der Waals surface area contributed by atoms with Gasteiger partial charge in [-0.05, 0) is 75.1 Å². The molecule has 0 aliphatic rings. The molecule has 11 rings (SSSR count). The van der Waals surface area contributed by atoms with Gasteiger partial charge in [0.25, 0.3) is 0 Å². The van der Waals surface area contributed by atoms with Crippen LogP contribution in [0, 0.1) is 0 Å². The van der Waals surface area contributed by atoms with Crippen molar-refractivity contribution in [1.29, 1.82) is 0 Å². The van der Waals surface area contributed by atoms with E-state index >= 15 is 0 Å². The highest BCUT2D eigenvalue weighted by Gasteiger charge is 2.23. The number of rotatable bonds is 7. The van der Waals surface area contributed by atoms with E-state index in [-0.39, 0.29) is 0 Å². The lowest BCUT2D eigenvalue weighted by molar-refractivity contribution is 0.669. The molecule has 272 valence electrons. The summed E-state index contributed by atoms with van der Waals surface area (Å²) in [5.41, 5.74) is 9.48. The molecule has 2 heterocycles. The molecule has 0 saturated carbocycles. The minimum atomic E-state index is 0.563. The van der Waals surface area contributed by atoms with Crippen molar-refractivity contribution in [2.45, 2.75) is 0 Å². The minimum Gasteiger partial charge on any atom is -0.456 e. The molecule has 0 fully saturated rings. The predicted octanol–water partition coefficient (Wildman–Crippen LogP) is 14.2. The van der Waals surface area contributed by atoms with E-state index in [4.69, 9.17) is 19.4 Å². The van der Waals surface area contributed by atoms with Gasteiger partial charge < -0.3 is 9.32 Å². The van der Waals surface area contributed by atoms with Gasteiger partial charge in [-0.3, -0.25) is 0 Å². The van der Waals surface area contributed by atoms with Gasteiger partial charge in [-0.1, -0.05) is 158 Å². The van der Waals surface area contributed by atoms with Crippen molar-refractivity contribution in [2.24, 2.45) is 0 Å². The number of benzene rings is 9. The molecule has 0 amide bonds. The van der Waals surface area contributed by atoms with Crippen molar-refractivity contribution in [2.75, 3.05) is 4.90 Å². The maximum Gasteiger partial charge on any atom is 0.164 e. The molecule has 0 bridgehead atoms. The lowest BCUT2D eigenvalue weighted by atomic mass is 10.0. The average Bonchev–Trinajstić information content (AvgIpc) is 3.68. The van der Waals surface area contributed by atoms with Gasteiger partial charge >= 0.3 is 0 Å². The molecule has 5 nitrogen and oxygen atoms in total. The highest BCUT2D eigenvalue weighted by molar-refractivity contribution is 6.13. The third kappa shape index (κ3) is 6.03. The van der Waals surface area contributed by atoms with Crippen molar-refractivity contribution >= 4 is 60.5 Å². The Morgan fingerprint density at radius 3 is 1.60 bits per heavy atom. The number of furan rings is 1. The highest BCUT2D eigenvalue weighted by atomic mass is 16.3. The number of fused-ring (bicyclic) bond motifs is 5. The van der Waals surface area contributed by atoms with Crippen molar-refractivity contribution in [3.05, 3.63) is 206 Å². The topological polar surface area (TPSA) is 55.1 Å². The first kappa shape index (κ1) is 33.4. The first-order valence-electron chi connectivity index (χ1n) is 19.4. The quantitative estimate of drug-likeness (QED) is 0.163. The largest absolute Gasteiger partial charge is 0.456 e. The molecule has 0 spiro atoms. The van der Waals surface area contributed by atoms with Crippen LogP contribution in [0.1, 0.15) is 0 Å². The second-order valence-electron chi connectivity index (χ2n) is 14.5. The van der Waals surface area contributed by atoms with E-state index in [1.165, 1.54) is 10.9 Å². The average molecular weight is 743 g/mol. The molecule has 0 unspecified atom stereocenters. The van der Waals surface area contributed by atoms with Gasteiger partial charge in [-0.25, -0.2) is 15.0 Å². The first-order valence-corrected chi connectivity index (χ1v) is 19.4. The van der Waals surface area contributed by atoms with Crippen molar-refractivity contribution in [1.82, 2.24) is 15.0 Å². The van der Waals surface area contributed by atoms with Crippen LogP contribution in [-0.2, 0) is 0 Å². The summed E-state index contributed by atoms with van der Waals surface area (Å²) < 4.78 is 6.70. The zero-order chi connectivity index (χ0) is 38.4. The van der Waals surface area contributed by atoms with Crippen LogP contribution in [0.3, 0.4) is 0 Å². The van der Waals surface area contributed by atoms with Crippen LogP contribution in [0.5, 0.6) is 0 Å². The molecule has 5 heteroatoms. The lowest BCUT2D eigenvalue weighted by Crippen LogP contribution is -2.10. The Morgan fingerprint density at radius 2 is 0.862 bits per heavy atom. The summed E-state index contributed by atoms with van der Waals surface area (Å²) in [6, 6.07) is 71.7. The summed E-state index contributed by atoms with van der Waals surface area (Å²) in [5, 5.41) is 6.57. The number of hydrogen-bond donors (Lipinski definition) is 0. The number of aromatic nitrogens is 3. The zero-order valence-corrected chi connectivity index (χ0v) is 31.3. The smallest absolute Gasteiger partial charge is 0.164 e. The molecule has 0 N–H and O–H groups in total. The van der Waals surface area contributed by atoms with Crippen molar-refractivity contribution in [3.63, 3.8) is 0 Å². The summed E-state index contributed by atoms with van der Waals surface area (Å²) in [5.74, 6) is 1.76. The molecule has 58 heavy (non-hydrogen) atoms. The maximum absolute atomic E-state index is 6.70. The fraction of sp³-hybridized carbons (Fsp3) is 0. The van der Waals surface area contributed by atoms with Gasteiger partial charge in [-0.2, -0.15) is 0 Å². The second kappa shape index (κ2) is 14.0. The SMILES string of the molecule is c1ccc(-c2ccc(N(c3ccc4ccccc4c3)c3cc(-c4nc(-c5ccccc5)nc(-c5ccc6ccccc6c5)n4)c4c(c3)oc3ccccc34)cc2)cc1. The summed E-state index contributed by atoms with van der Waals surface area (Å²) in [6.45, 7) is 0. The molecule has 11 aromatic rings. The van der Waals surface area contributed by atoms with Crippen LogP contribution >= 0.6 is 0 Å². The van der Waals surface area contributed by atoms with Gasteiger partial charge in [0.2, 0.25) is 0 Å². The molecule has 0 aliphatic carbocycles. The molecule has 2 aromatic heterocycles. The predicted molar refractivity (Wildman–Crippen MR) is 239 cm³/mol. The van der Waals surface area contributed by atoms with E-state index in [2.05, 4.69) is 157 Å². The fourth-order valence-corrected chi connectivity index (χ4v) is 8.01. The molecule has 9 aromatic carbocycles. The van der Waals surface area contributed by atoms with Crippen LogP contribution in [0.2, 0.25) is 0 Å². The molecular formula is C53H34N4O. The maximum atomic E-state index is 6.70. The number of hydrogen-bond acceptors (Lipinski definition) is 5. The van der Waals surface area contributed by atoms with E-state index in [9.17, 15) is 0 Å². The Labute approximate surface area is 335 Å². The minimum absolute atomic E-state index is 0.563. The molecule has 0 atom stereocenters. The number of anilines is 3. The third-order valence-corrected chi connectivity index (χ3v) is 10.9. The van der Waals surface area contributed by atoms with E-state index < -0.39 is 0 Å². The van der Waals surface area contributed by atoms with Crippen LogP contribution < -0.4 is 4.90 Å². The Kier molecular flexibility index (Phi) is 8.07. The third-order valence-electron chi connectivity index (χ3n) is 10.9. The highest BCUT2D eigenvalue weighted by Crippen LogP contribution is 2.44. The Hall–Kier alpha value is -7.89. The number of para-hydroxylation sites is 1. The van der Waals surface area contributed by atoms with Gasteiger partial charge in [0.05, 0.1) is 5.69 Å². The molecule has 0 saturated heterocycles. The van der Waals surface area contributed by atoms with Crippen molar-refractivity contribution in [3.8, 4) is 45.3 Å². The summed E-state index contributed by atoms with van der Waals surface area (Å²) >= 11 is 0. The van der Waals surface area contributed by atoms with E-state index in [0.29, 0.717) is 17.5 Å². The van der Waals surface area contributed by atoms with Crippen LogP contribution in [0.25, 0.3) is 88.8 Å². The van der Waals surface area contributed by atoms with Crippen LogP contribution in [-0.4, -0.2) is 15.0 Å². The van der Waals surface area contributed by atoms with E-state index in [1.54, 1.807) is 0 Å². The summed E-state index contributed by atoms with van der Waals surface area (Å²) in [4.78, 5) is 17.9. The Balaban J connectivity index is 1.17. The fourth-order valence-electron chi connectivity index (χ4n) is 8.01. The Bertz CT molecular complexity index is 3280. The number of nitrogens with zero attached hydrogens (tertiary/aromatic N) is 4. The second-order valence-corrected chi connectivity index (χ2v) is 14.5. The van der Waals surface area contributed by atoms with E-state index in [1.807, 2.05) is 54.6 Å². The Morgan fingerprint density at radius 1 is 0.328 bits per heavy atom. The summed E-state index contributed by atoms with van der Waals surface area (Å²) in [7, 11) is 0. The van der Waals surface area contributed by atoms with Gasteiger partial charge in [0.1, 0.15) is 11.2 Å².